The second-order valence-corrected chi connectivity index (χ2v) is 6.67. The van der Waals surface area contributed by atoms with Crippen LogP contribution in [0.1, 0.15) is 23.6 Å². The predicted molar refractivity (Wildman–Crippen MR) is 89.6 cm³/mol. The van der Waals surface area contributed by atoms with E-state index in [2.05, 4.69) is 43.2 Å². The van der Waals surface area contributed by atoms with Crippen LogP contribution < -0.4 is 5.32 Å². The third kappa shape index (κ3) is 2.82. The number of benzene rings is 2. The molecule has 0 spiro atoms. The summed E-state index contributed by atoms with van der Waals surface area (Å²) < 4.78 is 1.96. The van der Waals surface area contributed by atoms with Crippen molar-refractivity contribution < 1.29 is 4.92 Å². The number of halogens is 2. The summed E-state index contributed by atoms with van der Waals surface area (Å²) in [6.45, 7) is 0. The molecule has 1 N–H and O–H groups in total. The molecule has 108 valence electrons. The second kappa shape index (κ2) is 5.77. The van der Waals surface area contributed by atoms with Gasteiger partial charge in [0.2, 0.25) is 0 Å². The first kappa shape index (κ1) is 14.5. The Kier molecular flexibility index (Phi) is 3.99. The van der Waals surface area contributed by atoms with Crippen molar-refractivity contribution in [1.29, 1.82) is 0 Å². The van der Waals surface area contributed by atoms with E-state index in [0.29, 0.717) is 0 Å². The maximum atomic E-state index is 10.9. The van der Waals surface area contributed by atoms with Gasteiger partial charge in [0.05, 0.1) is 16.7 Å². The van der Waals surface area contributed by atoms with E-state index in [-0.39, 0.29) is 16.7 Å². The van der Waals surface area contributed by atoms with Crippen molar-refractivity contribution in [3.05, 3.63) is 66.6 Å². The van der Waals surface area contributed by atoms with Crippen LogP contribution in [0.15, 0.2) is 45.3 Å². The zero-order valence-electron chi connectivity index (χ0n) is 11.0. The summed E-state index contributed by atoms with van der Waals surface area (Å²) in [5, 5.41) is 14.3. The van der Waals surface area contributed by atoms with E-state index in [4.69, 9.17) is 0 Å². The van der Waals surface area contributed by atoms with Gasteiger partial charge in [-0.25, -0.2) is 0 Å². The van der Waals surface area contributed by atoms with Crippen molar-refractivity contribution in [2.45, 2.75) is 18.9 Å². The number of nitro benzene ring substituents is 1. The molecule has 1 unspecified atom stereocenters. The van der Waals surface area contributed by atoms with Crippen LogP contribution in [0.4, 0.5) is 11.4 Å². The minimum absolute atomic E-state index is 0.0909. The molecule has 0 bridgehead atoms. The highest BCUT2D eigenvalue weighted by atomic mass is 79.9. The number of fused-ring (bicyclic) bond motifs is 1. The molecule has 0 heterocycles. The molecular formula is C15H12Br2N2O2. The topological polar surface area (TPSA) is 55.2 Å². The first-order valence-corrected chi connectivity index (χ1v) is 8.12. The zero-order valence-corrected chi connectivity index (χ0v) is 14.1. The molecule has 4 nitrogen and oxygen atoms in total. The van der Waals surface area contributed by atoms with Gasteiger partial charge in [0.25, 0.3) is 5.69 Å². The summed E-state index contributed by atoms with van der Waals surface area (Å²) in [5.74, 6) is 0. The van der Waals surface area contributed by atoms with Crippen molar-refractivity contribution in [1.82, 2.24) is 0 Å². The Balaban J connectivity index is 1.91. The van der Waals surface area contributed by atoms with Gasteiger partial charge in [-0.1, -0.05) is 28.1 Å². The highest BCUT2D eigenvalue weighted by molar-refractivity contribution is 9.10. The van der Waals surface area contributed by atoms with Crippen molar-refractivity contribution in [3.8, 4) is 0 Å². The average molecular weight is 412 g/mol. The normalized spacial score (nSPS) is 16.6. The lowest BCUT2D eigenvalue weighted by atomic mass is 10.1. The monoisotopic (exact) mass is 410 g/mol. The number of non-ortho nitro benzene ring substituents is 1. The Morgan fingerprint density at radius 1 is 1.19 bits per heavy atom. The van der Waals surface area contributed by atoms with Crippen LogP contribution in [-0.4, -0.2) is 4.92 Å². The third-order valence-corrected chi connectivity index (χ3v) is 5.14. The lowest BCUT2D eigenvalue weighted by Crippen LogP contribution is -2.08. The van der Waals surface area contributed by atoms with Crippen LogP contribution >= 0.6 is 31.9 Å². The second-order valence-electron chi connectivity index (χ2n) is 4.96. The summed E-state index contributed by atoms with van der Waals surface area (Å²) in [6, 6.07) is 11.1. The van der Waals surface area contributed by atoms with Crippen LogP contribution in [0.3, 0.4) is 0 Å². The standard InChI is InChI=1S/C15H12Br2N2O2/c16-12-3-1-2-11-10(12)5-7-14(11)18-15-8-9(19(20)21)4-6-13(15)17/h1-4,6,8,14,18H,5,7H2. The number of hydrogen-bond acceptors (Lipinski definition) is 3. The minimum Gasteiger partial charge on any atom is -0.377 e. The first-order chi connectivity index (χ1) is 10.1. The fourth-order valence-electron chi connectivity index (χ4n) is 2.68. The van der Waals surface area contributed by atoms with Gasteiger partial charge in [-0.15, -0.1) is 0 Å². The molecule has 1 aliphatic carbocycles. The number of nitro groups is 1. The Morgan fingerprint density at radius 3 is 2.76 bits per heavy atom. The summed E-state index contributed by atoms with van der Waals surface area (Å²) in [6.07, 6.45) is 1.98. The molecule has 21 heavy (non-hydrogen) atoms. The van der Waals surface area contributed by atoms with E-state index in [9.17, 15) is 10.1 Å². The fraction of sp³-hybridized carbons (Fsp3) is 0.200. The number of nitrogens with one attached hydrogen (secondary N) is 1. The Hall–Kier alpha value is -1.40. The minimum atomic E-state index is -0.378. The highest BCUT2D eigenvalue weighted by Gasteiger charge is 2.24. The largest absolute Gasteiger partial charge is 0.377 e. The van der Waals surface area contributed by atoms with Crippen LogP contribution in [0.2, 0.25) is 0 Å². The maximum absolute atomic E-state index is 10.9. The quantitative estimate of drug-likeness (QED) is 0.556. The molecule has 0 aromatic heterocycles. The lowest BCUT2D eigenvalue weighted by molar-refractivity contribution is -0.384. The van der Waals surface area contributed by atoms with E-state index in [1.165, 1.54) is 17.2 Å². The first-order valence-electron chi connectivity index (χ1n) is 6.54. The molecule has 1 atom stereocenters. The summed E-state index contributed by atoms with van der Waals surface area (Å²) >= 11 is 7.03. The molecule has 1 aliphatic rings. The molecule has 3 rings (SSSR count). The van der Waals surface area contributed by atoms with Crippen LogP contribution in [0.25, 0.3) is 0 Å². The van der Waals surface area contributed by atoms with E-state index in [1.54, 1.807) is 12.1 Å². The summed E-state index contributed by atoms with van der Waals surface area (Å²) in [4.78, 5) is 10.5. The molecular weight excluding hydrogens is 400 g/mol. The van der Waals surface area contributed by atoms with Crippen LogP contribution in [-0.2, 0) is 6.42 Å². The van der Waals surface area contributed by atoms with E-state index in [1.807, 2.05) is 12.1 Å². The summed E-state index contributed by atoms with van der Waals surface area (Å²) in [7, 11) is 0. The van der Waals surface area contributed by atoms with Gasteiger partial charge in [0.1, 0.15) is 0 Å². The van der Waals surface area contributed by atoms with Gasteiger partial charge < -0.3 is 5.32 Å². The van der Waals surface area contributed by atoms with Crippen LogP contribution in [0.5, 0.6) is 0 Å². The van der Waals surface area contributed by atoms with Crippen molar-refractivity contribution in [2.75, 3.05) is 5.32 Å². The van der Waals surface area contributed by atoms with Gasteiger partial charge in [0.15, 0.2) is 0 Å². The fourth-order valence-corrected chi connectivity index (χ4v) is 3.63. The number of nitrogens with zero attached hydrogens (tertiary/aromatic N) is 1. The van der Waals surface area contributed by atoms with Gasteiger partial charge in [0, 0.05) is 21.1 Å². The van der Waals surface area contributed by atoms with Gasteiger partial charge in [-0.3, -0.25) is 10.1 Å². The van der Waals surface area contributed by atoms with Gasteiger partial charge >= 0.3 is 0 Å². The molecule has 0 fully saturated rings. The molecule has 2 aromatic carbocycles. The molecule has 2 aromatic rings. The number of anilines is 1. The molecule has 0 saturated heterocycles. The third-order valence-electron chi connectivity index (χ3n) is 3.70. The Bertz CT molecular complexity index is 719. The van der Waals surface area contributed by atoms with Crippen LogP contribution in [0, 0.1) is 10.1 Å². The Labute approximate surface area is 139 Å². The highest BCUT2D eigenvalue weighted by Crippen LogP contribution is 2.39. The molecule has 0 saturated carbocycles. The molecule has 0 aliphatic heterocycles. The van der Waals surface area contributed by atoms with Gasteiger partial charge in [-0.2, -0.15) is 0 Å². The van der Waals surface area contributed by atoms with E-state index < -0.39 is 0 Å². The van der Waals surface area contributed by atoms with Crippen molar-refractivity contribution in [3.63, 3.8) is 0 Å². The molecule has 6 heteroatoms. The molecule has 0 radical (unpaired) electrons. The van der Waals surface area contributed by atoms with Crippen molar-refractivity contribution in [2.24, 2.45) is 0 Å². The number of hydrogen-bond donors (Lipinski definition) is 1. The van der Waals surface area contributed by atoms with E-state index >= 15 is 0 Å². The molecule has 0 amide bonds. The predicted octanol–water partition coefficient (Wildman–Crippen LogP) is 5.22. The van der Waals surface area contributed by atoms with E-state index in [0.717, 1.165) is 27.5 Å². The Morgan fingerprint density at radius 2 is 2.00 bits per heavy atom. The van der Waals surface area contributed by atoms with Gasteiger partial charge in [-0.05, 0) is 52.0 Å². The zero-order chi connectivity index (χ0) is 15.0. The number of rotatable bonds is 3. The average Bonchev–Trinajstić information content (AvgIpc) is 2.86. The SMILES string of the molecule is O=[N+]([O-])c1ccc(Br)c(NC2CCc3c(Br)cccc32)c1. The smallest absolute Gasteiger partial charge is 0.271 e. The summed E-state index contributed by atoms with van der Waals surface area (Å²) in [5.41, 5.74) is 3.41. The lowest BCUT2D eigenvalue weighted by Gasteiger charge is -2.17. The maximum Gasteiger partial charge on any atom is 0.271 e. The van der Waals surface area contributed by atoms with Crippen molar-refractivity contribution >= 4 is 43.2 Å².